The SMILES string of the molecule is Nc1ncc2[nH]c3ncccc3c2c1NC1CCN(CCC(F)(F)F)CC1. The third kappa shape index (κ3) is 3.78. The zero-order valence-electron chi connectivity index (χ0n) is 14.7. The van der Waals surface area contributed by atoms with Gasteiger partial charge in [0.25, 0.3) is 0 Å². The van der Waals surface area contributed by atoms with Gasteiger partial charge in [0.05, 0.1) is 23.8 Å². The number of anilines is 2. The summed E-state index contributed by atoms with van der Waals surface area (Å²) in [5.41, 5.74) is 8.52. The van der Waals surface area contributed by atoms with Gasteiger partial charge in [0.15, 0.2) is 0 Å². The average Bonchev–Trinajstić information content (AvgIpc) is 3.02. The Bertz CT molecular complexity index is 943. The summed E-state index contributed by atoms with van der Waals surface area (Å²) in [6.07, 6.45) is 0.0654. The number of nitrogens with zero attached hydrogens (tertiary/aromatic N) is 3. The van der Waals surface area contributed by atoms with Crippen LogP contribution in [0.15, 0.2) is 24.5 Å². The Kier molecular flexibility index (Phi) is 4.55. The van der Waals surface area contributed by atoms with E-state index in [2.05, 4.69) is 20.3 Å². The largest absolute Gasteiger partial charge is 0.390 e. The number of likely N-dealkylation sites (tertiary alicyclic amines) is 1. The van der Waals surface area contributed by atoms with E-state index < -0.39 is 12.6 Å². The number of halogens is 3. The van der Waals surface area contributed by atoms with Crippen molar-refractivity contribution in [1.29, 1.82) is 0 Å². The third-order valence-corrected chi connectivity index (χ3v) is 5.09. The molecule has 0 spiro atoms. The molecule has 4 rings (SSSR count). The molecule has 0 saturated carbocycles. The number of pyridine rings is 2. The number of hydrogen-bond donors (Lipinski definition) is 3. The van der Waals surface area contributed by atoms with Gasteiger partial charge in [-0.25, -0.2) is 9.97 Å². The monoisotopic (exact) mass is 378 g/mol. The van der Waals surface area contributed by atoms with Crippen LogP contribution in [0, 0.1) is 0 Å². The lowest BCUT2D eigenvalue weighted by Gasteiger charge is -2.33. The van der Waals surface area contributed by atoms with Crippen LogP contribution >= 0.6 is 0 Å². The smallest absolute Gasteiger partial charge is 0.382 e. The van der Waals surface area contributed by atoms with Crippen molar-refractivity contribution in [3.63, 3.8) is 0 Å². The Morgan fingerprint density at radius 3 is 2.78 bits per heavy atom. The van der Waals surface area contributed by atoms with Crippen molar-refractivity contribution in [2.24, 2.45) is 0 Å². The highest BCUT2D eigenvalue weighted by atomic mass is 19.4. The number of alkyl halides is 3. The van der Waals surface area contributed by atoms with Crippen molar-refractivity contribution >= 4 is 33.4 Å². The molecule has 0 aromatic carbocycles. The average molecular weight is 378 g/mol. The molecule has 1 aliphatic rings. The van der Waals surface area contributed by atoms with Gasteiger partial charge in [0.2, 0.25) is 0 Å². The van der Waals surface area contributed by atoms with E-state index in [0.717, 1.165) is 40.5 Å². The molecule has 144 valence electrons. The number of piperidine rings is 1. The second kappa shape index (κ2) is 6.88. The highest BCUT2D eigenvalue weighted by Gasteiger charge is 2.29. The highest BCUT2D eigenvalue weighted by molar-refractivity contribution is 6.14. The summed E-state index contributed by atoms with van der Waals surface area (Å²) < 4.78 is 37.2. The van der Waals surface area contributed by atoms with Gasteiger partial charge in [-0.15, -0.1) is 0 Å². The number of aromatic nitrogens is 3. The molecule has 27 heavy (non-hydrogen) atoms. The Labute approximate surface area is 154 Å². The summed E-state index contributed by atoms with van der Waals surface area (Å²) in [6.45, 7) is 1.32. The van der Waals surface area contributed by atoms with E-state index in [1.165, 1.54) is 0 Å². The molecule has 3 aromatic rings. The van der Waals surface area contributed by atoms with Gasteiger partial charge in [-0.2, -0.15) is 13.2 Å². The number of nitrogens with two attached hydrogens (primary N) is 1. The van der Waals surface area contributed by atoms with Gasteiger partial charge in [-0.05, 0) is 25.0 Å². The van der Waals surface area contributed by atoms with Gasteiger partial charge >= 0.3 is 6.18 Å². The molecule has 1 saturated heterocycles. The van der Waals surface area contributed by atoms with E-state index in [-0.39, 0.29) is 12.6 Å². The predicted molar refractivity (Wildman–Crippen MR) is 99.6 cm³/mol. The van der Waals surface area contributed by atoms with Crippen molar-refractivity contribution in [2.45, 2.75) is 31.5 Å². The van der Waals surface area contributed by atoms with Crippen LogP contribution in [0.5, 0.6) is 0 Å². The minimum Gasteiger partial charge on any atom is -0.382 e. The molecule has 4 N–H and O–H groups in total. The van der Waals surface area contributed by atoms with Crippen LogP contribution in [0.1, 0.15) is 19.3 Å². The fourth-order valence-electron chi connectivity index (χ4n) is 3.67. The predicted octanol–water partition coefficient (Wildman–Crippen LogP) is 3.52. The van der Waals surface area contributed by atoms with Crippen LogP contribution < -0.4 is 11.1 Å². The lowest BCUT2D eigenvalue weighted by atomic mass is 10.0. The third-order valence-electron chi connectivity index (χ3n) is 5.09. The van der Waals surface area contributed by atoms with Gasteiger partial charge in [-0.3, -0.25) is 0 Å². The number of nitrogen functional groups attached to an aromatic ring is 1. The molecule has 4 heterocycles. The Morgan fingerprint density at radius 1 is 1.26 bits per heavy atom. The summed E-state index contributed by atoms with van der Waals surface area (Å²) in [7, 11) is 0. The number of H-pyrrole nitrogens is 1. The standard InChI is InChI=1S/C18H21F3N6/c19-18(20,21)5-9-27-7-3-11(4-8-27)25-15-14-12-2-1-6-23-17(12)26-13(14)10-24-16(15)22/h1-2,6,10-11,25H,3-5,7-9H2,(H2,22,24)(H,23,26). The van der Waals surface area contributed by atoms with Gasteiger partial charge < -0.3 is 20.9 Å². The maximum absolute atomic E-state index is 12.4. The molecule has 3 aromatic heterocycles. The fourth-order valence-corrected chi connectivity index (χ4v) is 3.67. The second-order valence-corrected chi connectivity index (χ2v) is 6.96. The summed E-state index contributed by atoms with van der Waals surface area (Å²) in [5, 5.41) is 5.39. The van der Waals surface area contributed by atoms with Crippen LogP contribution in [0.2, 0.25) is 0 Å². The van der Waals surface area contributed by atoms with Crippen molar-refractivity contribution in [3.05, 3.63) is 24.5 Å². The van der Waals surface area contributed by atoms with Crippen molar-refractivity contribution in [2.75, 3.05) is 30.7 Å². The zero-order chi connectivity index (χ0) is 19.0. The molecule has 9 heteroatoms. The zero-order valence-corrected chi connectivity index (χ0v) is 14.7. The van der Waals surface area contributed by atoms with E-state index >= 15 is 0 Å². The number of rotatable bonds is 4. The van der Waals surface area contributed by atoms with E-state index in [1.54, 1.807) is 12.4 Å². The topological polar surface area (TPSA) is 82.9 Å². The first-order chi connectivity index (χ1) is 12.9. The minimum absolute atomic E-state index is 0.0591. The molecule has 0 atom stereocenters. The Balaban J connectivity index is 1.50. The summed E-state index contributed by atoms with van der Waals surface area (Å²) in [4.78, 5) is 13.7. The van der Waals surface area contributed by atoms with E-state index in [9.17, 15) is 13.2 Å². The lowest BCUT2D eigenvalue weighted by molar-refractivity contribution is -0.138. The first-order valence-corrected chi connectivity index (χ1v) is 8.97. The molecule has 6 nitrogen and oxygen atoms in total. The number of nitrogens with one attached hydrogen (secondary N) is 2. The number of fused-ring (bicyclic) bond motifs is 3. The van der Waals surface area contributed by atoms with Crippen LogP contribution in [0.25, 0.3) is 21.9 Å². The van der Waals surface area contributed by atoms with Crippen LogP contribution in [-0.4, -0.2) is 51.7 Å². The molecule has 0 bridgehead atoms. The van der Waals surface area contributed by atoms with Crippen molar-refractivity contribution in [3.8, 4) is 0 Å². The maximum Gasteiger partial charge on any atom is 0.390 e. The van der Waals surface area contributed by atoms with Crippen LogP contribution in [0.3, 0.4) is 0 Å². The Morgan fingerprint density at radius 2 is 2.04 bits per heavy atom. The summed E-state index contributed by atoms with van der Waals surface area (Å²) in [5.74, 6) is 0.409. The molecular formula is C18H21F3N6. The van der Waals surface area contributed by atoms with E-state index in [4.69, 9.17) is 5.73 Å². The maximum atomic E-state index is 12.4. The van der Waals surface area contributed by atoms with Crippen molar-refractivity contribution in [1.82, 2.24) is 19.9 Å². The molecule has 0 unspecified atom stereocenters. The molecule has 1 fully saturated rings. The number of hydrogen-bond acceptors (Lipinski definition) is 5. The van der Waals surface area contributed by atoms with Crippen LogP contribution in [0.4, 0.5) is 24.7 Å². The van der Waals surface area contributed by atoms with Gasteiger partial charge in [0.1, 0.15) is 11.5 Å². The van der Waals surface area contributed by atoms with Gasteiger partial charge in [-0.1, -0.05) is 0 Å². The summed E-state index contributed by atoms with van der Waals surface area (Å²) in [6, 6.07) is 3.99. The fraction of sp³-hybridized carbons (Fsp3) is 0.444. The van der Waals surface area contributed by atoms with E-state index in [1.807, 2.05) is 17.0 Å². The van der Waals surface area contributed by atoms with Crippen molar-refractivity contribution < 1.29 is 13.2 Å². The molecule has 0 aliphatic carbocycles. The molecule has 1 aliphatic heterocycles. The molecule has 0 radical (unpaired) electrons. The van der Waals surface area contributed by atoms with Gasteiger partial charge in [0, 0.05) is 42.6 Å². The van der Waals surface area contributed by atoms with Crippen LogP contribution in [-0.2, 0) is 0 Å². The molecular weight excluding hydrogens is 357 g/mol. The second-order valence-electron chi connectivity index (χ2n) is 6.96. The molecule has 0 amide bonds. The Hall–Kier alpha value is -2.55. The lowest BCUT2D eigenvalue weighted by Crippen LogP contribution is -2.40. The highest BCUT2D eigenvalue weighted by Crippen LogP contribution is 2.34. The first-order valence-electron chi connectivity index (χ1n) is 8.97. The number of aromatic amines is 1. The summed E-state index contributed by atoms with van der Waals surface area (Å²) >= 11 is 0. The quantitative estimate of drug-likeness (QED) is 0.647. The normalized spacial score (nSPS) is 17.0. The first kappa shape index (κ1) is 17.8. The minimum atomic E-state index is -4.10. The van der Waals surface area contributed by atoms with E-state index in [0.29, 0.717) is 18.9 Å².